The van der Waals surface area contributed by atoms with E-state index in [1.807, 2.05) is 96.2 Å². The van der Waals surface area contributed by atoms with E-state index in [-0.39, 0.29) is 12.5 Å². The molecular formula is C28H26ClN3O3S. The molecule has 0 radical (unpaired) electrons. The van der Waals surface area contributed by atoms with Gasteiger partial charge >= 0.3 is 0 Å². The summed E-state index contributed by atoms with van der Waals surface area (Å²) in [4.78, 5) is 18.2. The van der Waals surface area contributed by atoms with E-state index in [1.54, 1.807) is 13.3 Å². The summed E-state index contributed by atoms with van der Waals surface area (Å²) in [6.07, 6.45) is 1.73. The van der Waals surface area contributed by atoms with Gasteiger partial charge in [0, 0.05) is 28.7 Å². The van der Waals surface area contributed by atoms with Gasteiger partial charge in [0.1, 0.15) is 18.0 Å². The number of hydrogen-bond acceptors (Lipinski definition) is 6. The van der Waals surface area contributed by atoms with Crippen molar-refractivity contribution in [2.75, 3.05) is 18.0 Å². The molecule has 1 N–H and O–H groups in total. The Kier molecular flexibility index (Phi) is 8.71. The van der Waals surface area contributed by atoms with Crippen molar-refractivity contribution in [2.24, 2.45) is 0 Å². The number of carbonyl (C=O) groups excluding carboxylic acids is 1. The highest BCUT2D eigenvalue weighted by Crippen LogP contribution is 2.34. The molecule has 0 spiro atoms. The van der Waals surface area contributed by atoms with Gasteiger partial charge < -0.3 is 19.1 Å². The molecule has 4 rings (SSSR count). The van der Waals surface area contributed by atoms with Crippen LogP contribution in [-0.4, -0.2) is 24.5 Å². The van der Waals surface area contributed by atoms with Gasteiger partial charge in [0.05, 0.1) is 12.8 Å². The van der Waals surface area contributed by atoms with Crippen LogP contribution in [0.2, 0.25) is 5.02 Å². The standard InChI is InChI=1S/C28H26ClN3O3S/c1-20-25(29)9-6-10-26(20)32(19-27(33)30-17-21-11-13-22(34-2)14-12-21)36-24-15-16-28(31-18-24)35-23-7-4-3-5-8-23/h3-16,18H,17,19H2,1-2H3,(H,30,33). The predicted octanol–water partition coefficient (Wildman–Crippen LogP) is 6.67. The van der Waals surface area contributed by atoms with E-state index in [9.17, 15) is 4.79 Å². The molecule has 0 bridgehead atoms. The molecule has 8 heteroatoms. The topological polar surface area (TPSA) is 63.7 Å². The maximum atomic E-state index is 12.9. The fourth-order valence-electron chi connectivity index (χ4n) is 3.38. The molecule has 1 aromatic heterocycles. The fourth-order valence-corrected chi connectivity index (χ4v) is 4.51. The first-order valence-corrected chi connectivity index (χ1v) is 12.5. The van der Waals surface area contributed by atoms with E-state index in [0.29, 0.717) is 17.4 Å². The lowest BCUT2D eigenvalue weighted by Crippen LogP contribution is -2.34. The highest BCUT2D eigenvalue weighted by molar-refractivity contribution is 8.00. The molecular weight excluding hydrogens is 494 g/mol. The smallest absolute Gasteiger partial charge is 0.240 e. The van der Waals surface area contributed by atoms with E-state index < -0.39 is 0 Å². The quantitative estimate of drug-likeness (QED) is 0.236. The molecule has 6 nitrogen and oxygen atoms in total. The monoisotopic (exact) mass is 519 g/mol. The molecule has 1 amide bonds. The predicted molar refractivity (Wildman–Crippen MR) is 145 cm³/mol. The summed E-state index contributed by atoms with van der Waals surface area (Å²) < 4.78 is 12.9. The number of benzene rings is 3. The number of nitrogens with zero attached hydrogens (tertiary/aromatic N) is 2. The number of ether oxygens (including phenoxy) is 2. The molecule has 0 fully saturated rings. The van der Waals surface area contributed by atoms with Crippen molar-refractivity contribution in [3.63, 3.8) is 0 Å². The van der Waals surface area contributed by atoms with Crippen molar-refractivity contribution in [3.8, 4) is 17.4 Å². The number of halogens is 1. The van der Waals surface area contributed by atoms with Gasteiger partial charge in [-0.3, -0.25) is 4.79 Å². The second-order valence-corrected chi connectivity index (χ2v) is 9.39. The van der Waals surface area contributed by atoms with Crippen molar-refractivity contribution in [1.82, 2.24) is 10.3 Å². The molecule has 0 saturated heterocycles. The Labute approximate surface area is 220 Å². The minimum atomic E-state index is -0.116. The molecule has 36 heavy (non-hydrogen) atoms. The van der Waals surface area contributed by atoms with Crippen LogP contribution in [0.3, 0.4) is 0 Å². The molecule has 0 saturated carbocycles. The molecule has 184 valence electrons. The van der Waals surface area contributed by atoms with Crippen molar-refractivity contribution in [3.05, 3.63) is 107 Å². The largest absolute Gasteiger partial charge is 0.497 e. The Morgan fingerprint density at radius 2 is 1.75 bits per heavy atom. The second kappa shape index (κ2) is 12.3. The lowest BCUT2D eigenvalue weighted by Gasteiger charge is -2.25. The van der Waals surface area contributed by atoms with E-state index >= 15 is 0 Å². The van der Waals surface area contributed by atoms with Crippen LogP contribution >= 0.6 is 23.5 Å². The SMILES string of the molecule is COc1ccc(CNC(=O)CN(Sc2ccc(Oc3ccccc3)nc2)c2cccc(Cl)c2C)cc1. The number of para-hydroxylation sites is 1. The first kappa shape index (κ1) is 25.4. The summed E-state index contributed by atoms with van der Waals surface area (Å²) in [6, 6.07) is 26.5. The summed E-state index contributed by atoms with van der Waals surface area (Å²) >= 11 is 7.80. The van der Waals surface area contributed by atoms with Gasteiger partial charge in [-0.15, -0.1) is 0 Å². The van der Waals surface area contributed by atoms with Crippen LogP contribution in [0, 0.1) is 6.92 Å². The number of carbonyl (C=O) groups is 1. The van der Waals surface area contributed by atoms with Crippen molar-refractivity contribution in [1.29, 1.82) is 0 Å². The van der Waals surface area contributed by atoms with E-state index in [2.05, 4.69) is 10.3 Å². The lowest BCUT2D eigenvalue weighted by atomic mass is 10.2. The van der Waals surface area contributed by atoms with Crippen molar-refractivity contribution >= 4 is 35.1 Å². The summed E-state index contributed by atoms with van der Waals surface area (Å²) in [6.45, 7) is 2.49. The highest BCUT2D eigenvalue weighted by atomic mass is 35.5. The Morgan fingerprint density at radius 1 is 0.972 bits per heavy atom. The zero-order valence-corrected chi connectivity index (χ0v) is 21.6. The van der Waals surface area contributed by atoms with Gasteiger partial charge in [0.15, 0.2) is 0 Å². The maximum Gasteiger partial charge on any atom is 0.240 e. The van der Waals surface area contributed by atoms with Gasteiger partial charge in [-0.25, -0.2) is 4.98 Å². The van der Waals surface area contributed by atoms with Gasteiger partial charge in [0.25, 0.3) is 0 Å². The van der Waals surface area contributed by atoms with Gasteiger partial charge in [-0.05, 0) is 72.5 Å². The summed E-state index contributed by atoms with van der Waals surface area (Å²) in [5.41, 5.74) is 2.74. The normalized spacial score (nSPS) is 10.5. The van der Waals surface area contributed by atoms with Crippen LogP contribution in [0.4, 0.5) is 5.69 Å². The number of hydrogen-bond donors (Lipinski definition) is 1. The van der Waals surface area contributed by atoms with Crippen LogP contribution in [-0.2, 0) is 11.3 Å². The average molecular weight is 520 g/mol. The highest BCUT2D eigenvalue weighted by Gasteiger charge is 2.17. The number of pyridine rings is 1. The molecule has 4 aromatic rings. The molecule has 0 atom stereocenters. The molecule has 1 heterocycles. The number of amides is 1. The summed E-state index contributed by atoms with van der Waals surface area (Å²) in [5.74, 6) is 1.87. The Bertz CT molecular complexity index is 1290. The number of methoxy groups -OCH3 is 1. The van der Waals surface area contributed by atoms with Crippen LogP contribution < -0.4 is 19.1 Å². The van der Waals surface area contributed by atoms with Crippen LogP contribution in [0.15, 0.2) is 96.0 Å². The third kappa shape index (κ3) is 6.93. The second-order valence-electron chi connectivity index (χ2n) is 7.88. The molecule has 3 aromatic carbocycles. The van der Waals surface area contributed by atoms with Crippen LogP contribution in [0.25, 0.3) is 0 Å². The van der Waals surface area contributed by atoms with Crippen LogP contribution in [0.5, 0.6) is 17.4 Å². The zero-order valence-electron chi connectivity index (χ0n) is 20.0. The van der Waals surface area contributed by atoms with E-state index in [0.717, 1.165) is 33.2 Å². The molecule has 0 unspecified atom stereocenters. The van der Waals surface area contributed by atoms with Gasteiger partial charge in [0.2, 0.25) is 11.8 Å². The number of anilines is 1. The van der Waals surface area contributed by atoms with Crippen LogP contribution in [0.1, 0.15) is 11.1 Å². The summed E-state index contributed by atoms with van der Waals surface area (Å²) in [5, 5.41) is 3.63. The molecule has 0 aliphatic heterocycles. The van der Waals surface area contributed by atoms with Crippen molar-refractivity contribution in [2.45, 2.75) is 18.4 Å². The Morgan fingerprint density at radius 3 is 2.44 bits per heavy atom. The van der Waals surface area contributed by atoms with Gasteiger partial charge in [-0.2, -0.15) is 0 Å². The Balaban J connectivity index is 1.45. The summed E-state index contributed by atoms with van der Waals surface area (Å²) in [7, 11) is 1.63. The third-order valence-corrected chi connectivity index (χ3v) is 6.74. The first-order chi connectivity index (χ1) is 17.5. The van der Waals surface area contributed by atoms with E-state index in [1.165, 1.54) is 11.9 Å². The molecule has 0 aliphatic rings. The lowest BCUT2D eigenvalue weighted by molar-refractivity contribution is -0.119. The zero-order chi connectivity index (χ0) is 25.3. The average Bonchev–Trinajstić information content (AvgIpc) is 2.91. The number of rotatable bonds is 10. The minimum Gasteiger partial charge on any atom is -0.497 e. The fraction of sp³-hybridized carbons (Fsp3) is 0.143. The van der Waals surface area contributed by atoms with Crippen molar-refractivity contribution < 1.29 is 14.3 Å². The molecule has 0 aliphatic carbocycles. The third-order valence-electron chi connectivity index (χ3n) is 5.33. The van der Waals surface area contributed by atoms with E-state index in [4.69, 9.17) is 21.1 Å². The Hall–Kier alpha value is -3.68. The maximum absolute atomic E-state index is 12.9. The van der Waals surface area contributed by atoms with Gasteiger partial charge in [-0.1, -0.05) is 48.0 Å². The minimum absolute atomic E-state index is 0.116. The first-order valence-electron chi connectivity index (χ1n) is 11.3. The number of aromatic nitrogens is 1. The number of nitrogens with one attached hydrogen (secondary N) is 1.